The fourth-order valence-electron chi connectivity index (χ4n) is 8.26. The molecule has 2 heterocycles. The maximum atomic E-state index is 14.4. The van der Waals surface area contributed by atoms with Crippen molar-refractivity contribution in [2.45, 2.75) is 90.9 Å². The van der Waals surface area contributed by atoms with Crippen molar-refractivity contribution in [3.05, 3.63) is 133 Å². The molecule has 5 amide bonds. The summed E-state index contributed by atoms with van der Waals surface area (Å²) in [5.41, 5.74) is 2.02. The molecule has 16 heteroatoms. The highest BCUT2D eigenvalue weighted by Gasteiger charge is 2.53. The van der Waals surface area contributed by atoms with Crippen LogP contribution in [0.3, 0.4) is 0 Å². The molecule has 2 aliphatic heterocycles. The Morgan fingerprint density at radius 2 is 1.50 bits per heavy atom. The highest BCUT2D eigenvalue weighted by atomic mass is 28.4. The van der Waals surface area contributed by atoms with Gasteiger partial charge in [-0.1, -0.05) is 126 Å². The molecule has 0 aliphatic carbocycles. The number of anilines is 2. The van der Waals surface area contributed by atoms with E-state index < -0.39 is 67.6 Å². The van der Waals surface area contributed by atoms with Crippen LogP contribution in [0, 0.1) is 5.92 Å². The first kappa shape index (κ1) is 48.5. The van der Waals surface area contributed by atoms with Gasteiger partial charge in [0, 0.05) is 18.0 Å². The minimum absolute atomic E-state index is 0.0223. The lowest BCUT2D eigenvalue weighted by Crippen LogP contribution is -2.68. The molecule has 0 spiro atoms. The van der Waals surface area contributed by atoms with Gasteiger partial charge in [0.1, 0.15) is 31.0 Å². The number of ether oxygens (including phenoxy) is 3. The summed E-state index contributed by atoms with van der Waals surface area (Å²) in [7, 11) is -1.77. The number of alkyl carbamates (subject to hydrolysis) is 1. The van der Waals surface area contributed by atoms with Crippen LogP contribution in [0.2, 0.25) is 5.04 Å². The summed E-state index contributed by atoms with van der Waals surface area (Å²) in [4.78, 5) is 69.6. The number of benzene rings is 4. The third-order valence-corrected chi connectivity index (χ3v) is 16.6. The van der Waals surface area contributed by atoms with Gasteiger partial charge in [-0.25, -0.2) is 14.5 Å². The highest BCUT2D eigenvalue weighted by molar-refractivity contribution is 7.00. The standard InChI is InChI=1S/C50H59N5O10Si/c1-10-25-63-48(60)53-43(31(2)3)45(57)51-33(5)44(56)52-35-23-21-34(22-24-35)30-64-49(61)55-39-28-42(41(62-9)27-38(39)46(58)54-29-32(4)26-40(54)47(55)59)65-66(50(6,7)8,36-17-13-11-14-18-36)37-19-15-12-16-20-37/h10-24,27-29,31,33,40,43,47,59H,1,25-26,30H2,2-9H3,(H,51,57)(H,52,56)(H,53,60)/t33-,40-,43-,47-/m0/s1. The number of rotatable bonds is 15. The first-order valence-corrected chi connectivity index (χ1v) is 23.7. The predicted octanol–water partition coefficient (Wildman–Crippen LogP) is 6.61. The number of amides is 5. The van der Waals surface area contributed by atoms with E-state index in [1.54, 1.807) is 56.4 Å². The molecule has 0 unspecified atom stereocenters. The Morgan fingerprint density at radius 1 is 0.879 bits per heavy atom. The van der Waals surface area contributed by atoms with E-state index in [9.17, 15) is 29.1 Å². The van der Waals surface area contributed by atoms with Gasteiger partial charge in [-0.05, 0) is 65.4 Å². The zero-order chi connectivity index (χ0) is 47.9. The van der Waals surface area contributed by atoms with Gasteiger partial charge < -0.3 is 44.6 Å². The maximum Gasteiger partial charge on any atom is 0.416 e. The molecule has 0 aromatic heterocycles. The van der Waals surface area contributed by atoms with Gasteiger partial charge in [0.15, 0.2) is 12.0 Å². The Hall–Kier alpha value is -6.91. The Morgan fingerprint density at radius 3 is 2.06 bits per heavy atom. The van der Waals surface area contributed by atoms with Crippen LogP contribution in [0.5, 0.6) is 11.5 Å². The molecule has 4 aromatic rings. The summed E-state index contributed by atoms with van der Waals surface area (Å²) in [6.07, 6.45) is 0.212. The SMILES string of the molecule is C=CCOC(=O)N[C@H](C(=O)N[C@@H](C)C(=O)Nc1ccc(COC(=O)N2c3cc(O[Si](c4ccccc4)(c4ccccc4)C(C)(C)C)c(OC)cc3C(=O)N3C=C(C)C[C@H]3[C@@H]2O)cc1)C(C)C. The largest absolute Gasteiger partial charge is 0.531 e. The van der Waals surface area contributed by atoms with Crippen molar-refractivity contribution in [1.29, 1.82) is 0 Å². The van der Waals surface area contributed by atoms with Gasteiger partial charge >= 0.3 is 20.5 Å². The molecule has 15 nitrogen and oxygen atoms in total. The Bertz CT molecular complexity index is 2420. The van der Waals surface area contributed by atoms with Gasteiger partial charge in [-0.3, -0.25) is 14.4 Å². The van der Waals surface area contributed by atoms with Crippen LogP contribution in [0.25, 0.3) is 0 Å². The number of methoxy groups -OCH3 is 1. The van der Waals surface area contributed by atoms with Crippen molar-refractivity contribution < 1.29 is 47.7 Å². The molecule has 4 aromatic carbocycles. The lowest BCUT2D eigenvalue weighted by atomic mass is 10.0. The molecule has 66 heavy (non-hydrogen) atoms. The van der Waals surface area contributed by atoms with Gasteiger partial charge in [0.25, 0.3) is 5.91 Å². The number of fused-ring (bicyclic) bond motifs is 2. The van der Waals surface area contributed by atoms with Crippen LogP contribution in [0.1, 0.15) is 70.8 Å². The van der Waals surface area contributed by atoms with Gasteiger partial charge in [0.2, 0.25) is 11.8 Å². The maximum absolute atomic E-state index is 14.4. The zero-order valence-corrected chi connectivity index (χ0v) is 39.6. The van der Waals surface area contributed by atoms with E-state index in [1.807, 2.05) is 43.3 Å². The normalized spacial score (nSPS) is 16.7. The second kappa shape index (κ2) is 20.5. The average Bonchev–Trinajstić information content (AvgIpc) is 3.67. The second-order valence-electron chi connectivity index (χ2n) is 17.8. The number of carbonyl (C=O) groups is 5. The van der Waals surface area contributed by atoms with E-state index in [0.29, 0.717) is 17.7 Å². The van der Waals surface area contributed by atoms with Crippen molar-refractivity contribution in [3.8, 4) is 11.5 Å². The van der Waals surface area contributed by atoms with Crippen molar-refractivity contribution in [2.75, 3.05) is 23.9 Å². The molecular formula is C50H59N5O10Si. The molecule has 348 valence electrons. The molecule has 4 N–H and O–H groups in total. The van der Waals surface area contributed by atoms with Crippen molar-refractivity contribution in [1.82, 2.24) is 15.5 Å². The number of hydrogen-bond acceptors (Lipinski definition) is 10. The lowest BCUT2D eigenvalue weighted by molar-refractivity contribution is -0.128. The molecule has 0 fully saturated rings. The van der Waals surface area contributed by atoms with E-state index in [1.165, 1.54) is 25.0 Å². The van der Waals surface area contributed by atoms with Crippen molar-refractivity contribution in [2.24, 2.45) is 5.92 Å². The third-order valence-electron chi connectivity index (χ3n) is 11.6. The van der Waals surface area contributed by atoms with Crippen LogP contribution >= 0.6 is 0 Å². The molecule has 6 rings (SSSR count). The smallest absolute Gasteiger partial charge is 0.416 e. The Labute approximate surface area is 386 Å². The van der Waals surface area contributed by atoms with E-state index in [0.717, 1.165) is 20.8 Å². The molecule has 4 atom stereocenters. The monoisotopic (exact) mass is 917 g/mol. The van der Waals surface area contributed by atoms with E-state index in [-0.39, 0.29) is 41.9 Å². The highest BCUT2D eigenvalue weighted by Crippen LogP contribution is 2.45. The summed E-state index contributed by atoms with van der Waals surface area (Å²) < 4.78 is 24.1. The van der Waals surface area contributed by atoms with Gasteiger partial charge in [-0.2, -0.15) is 0 Å². The van der Waals surface area contributed by atoms with E-state index >= 15 is 0 Å². The number of nitrogens with zero attached hydrogens (tertiary/aromatic N) is 2. The second-order valence-corrected chi connectivity index (χ2v) is 22.0. The van der Waals surface area contributed by atoms with Crippen LogP contribution in [0.4, 0.5) is 21.0 Å². The molecule has 0 saturated heterocycles. The topological polar surface area (TPSA) is 185 Å². The van der Waals surface area contributed by atoms with Gasteiger partial charge in [0.05, 0.1) is 24.4 Å². The number of aliphatic hydroxyl groups excluding tert-OH is 1. The summed E-state index contributed by atoms with van der Waals surface area (Å²) in [5, 5.41) is 21.5. The minimum atomic E-state index is -3.26. The Balaban J connectivity index is 1.25. The van der Waals surface area contributed by atoms with Crippen LogP contribution < -0.4 is 40.4 Å². The first-order chi connectivity index (χ1) is 31.4. The van der Waals surface area contributed by atoms with Crippen molar-refractivity contribution >= 4 is 60.0 Å². The molecular weight excluding hydrogens is 859 g/mol. The summed E-state index contributed by atoms with van der Waals surface area (Å²) in [6.45, 7) is 16.5. The number of aliphatic hydroxyl groups is 1. The fraction of sp³-hybridized carbons (Fsp3) is 0.340. The van der Waals surface area contributed by atoms with Gasteiger partial charge in [-0.15, -0.1) is 0 Å². The predicted molar refractivity (Wildman–Crippen MR) is 254 cm³/mol. The Kier molecular flexibility index (Phi) is 15.1. The number of nitrogens with one attached hydrogen (secondary N) is 3. The number of carbonyl (C=O) groups excluding carboxylic acids is 5. The zero-order valence-electron chi connectivity index (χ0n) is 38.6. The lowest BCUT2D eigenvalue weighted by Gasteiger charge is -2.43. The third kappa shape index (κ3) is 10.3. The van der Waals surface area contributed by atoms with Crippen LogP contribution in [-0.2, 0) is 25.7 Å². The first-order valence-electron chi connectivity index (χ1n) is 21.8. The average molecular weight is 918 g/mol. The molecule has 2 aliphatic rings. The summed E-state index contributed by atoms with van der Waals surface area (Å²) >= 11 is 0. The summed E-state index contributed by atoms with van der Waals surface area (Å²) in [5.74, 6) is -1.24. The molecule has 0 radical (unpaired) electrons. The minimum Gasteiger partial charge on any atom is -0.531 e. The summed E-state index contributed by atoms with van der Waals surface area (Å²) in [6, 6.07) is 27.0. The van der Waals surface area contributed by atoms with E-state index in [4.69, 9.17) is 18.6 Å². The molecule has 0 saturated carbocycles. The van der Waals surface area contributed by atoms with Crippen LogP contribution in [-0.4, -0.2) is 86.3 Å². The fourth-order valence-corrected chi connectivity index (χ4v) is 12.7. The van der Waals surface area contributed by atoms with Crippen molar-refractivity contribution in [3.63, 3.8) is 0 Å². The molecule has 0 bridgehead atoms. The van der Waals surface area contributed by atoms with Crippen LogP contribution in [0.15, 0.2) is 121 Å². The van der Waals surface area contributed by atoms with E-state index in [2.05, 4.69) is 67.6 Å². The quantitative estimate of drug-likeness (QED) is 0.0748. The number of hydrogen-bond donors (Lipinski definition) is 4.